The Kier molecular flexibility index (Phi) is 7.08. The molecule has 2 aromatic heterocycles. The maximum Gasteiger partial charge on any atom is 0.416 e. The van der Waals surface area contributed by atoms with Gasteiger partial charge in [0, 0.05) is 35.7 Å². The van der Waals surface area contributed by atoms with Crippen molar-refractivity contribution in [1.82, 2.24) is 14.8 Å². The van der Waals surface area contributed by atoms with Crippen molar-refractivity contribution in [2.24, 2.45) is 0 Å². The summed E-state index contributed by atoms with van der Waals surface area (Å²) < 4.78 is 44.8. The zero-order valence-electron chi connectivity index (χ0n) is 16.1. The summed E-state index contributed by atoms with van der Waals surface area (Å²) in [5, 5.41) is 6.99. The number of aromatic nitrogens is 3. The number of hydrogen-bond donors (Lipinski definition) is 1. The van der Waals surface area contributed by atoms with Gasteiger partial charge in [0.2, 0.25) is 0 Å². The summed E-state index contributed by atoms with van der Waals surface area (Å²) in [6.07, 6.45) is -2.90. The van der Waals surface area contributed by atoms with Crippen molar-refractivity contribution in [2.75, 3.05) is 19.0 Å². The molecule has 0 atom stereocenters. The first-order chi connectivity index (χ1) is 14.7. The molecule has 2 heterocycles. The third-order valence-corrected chi connectivity index (χ3v) is 5.40. The number of ether oxygens (including phenoxy) is 1. The van der Waals surface area contributed by atoms with Crippen LogP contribution in [0.1, 0.15) is 26.5 Å². The number of halogens is 4. The largest absolute Gasteiger partial charge is 0.416 e. The number of methoxy groups -OCH3 is 1. The first kappa shape index (κ1) is 22.9. The molecule has 0 saturated heterocycles. The molecule has 0 aliphatic heterocycles. The number of alkyl halides is 3. The summed E-state index contributed by atoms with van der Waals surface area (Å²) in [5.74, 6) is -0.579. The summed E-state index contributed by atoms with van der Waals surface area (Å²) in [6, 6.07) is 5.63. The molecule has 3 aromatic rings. The van der Waals surface area contributed by atoms with Crippen LogP contribution in [0.5, 0.6) is 0 Å². The summed E-state index contributed by atoms with van der Waals surface area (Å²) in [6.45, 7) is 0.446. The number of anilines is 1. The minimum absolute atomic E-state index is 0.00776. The third-order valence-electron chi connectivity index (χ3n) is 4.12. The molecular weight excluding hydrogens is 457 g/mol. The van der Waals surface area contributed by atoms with Gasteiger partial charge in [-0.2, -0.15) is 18.3 Å². The number of carbonyl (C=O) groups excluding carboxylic acids is 1. The van der Waals surface area contributed by atoms with Crippen LogP contribution in [0.3, 0.4) is 0 Å². The first-order valence-electron chi connectivity index (χ1n) is 8.86. The maximum absolute atomic E-state index is 12.9. The van der Waals surface area contributed by atoms with E-state index in [1.807, 2.05) is 0 Å². The molecule has 0 aliphatic carbocycles. The molecular formula is C19H16ClF3N4O3S. The Bertz CT molecular complexity index is 1150. The van der Waals surface area contributed by atoms with Crippen LogP contribution in [0.15, 0.2) is 41.3 Å². The second-order valence-corrected chi connectivity index (χ2v) is 7.86. The Hall–Kier alpha value is -2.76. The fourth-order valence-corrected chi connectivity index (χ4v) is 3.61. The van der Waals surface area contributed by atoms with E-state index in [9.17, 15) is 22.8 Å². The summed E-state index contributed by atoms with van der Waals surface area (Å²) in [7, 11) is 1.48. The van der Waals surface area contributed by atoms with Crippen LogP contribution in [0.2, 0.25) is 5.02 Å². The Morgan fingerprint density at radius 2 is 2.06 bits per heavy atom. The van der Waals surface area contributed by atoms with Gasteiger partial charge in [-0.3, -0.25) is 14.9 Å². The molecule has 0 aliphatic rings. The van der Waals surface area contributed by atoms with E-state index in [0.717, 1.165) is 28.2 Å². The number of amides is 1. The predicted molar refractivity (Wildman–Crippen MR) is 110 cm³/mol. The Labute approximate surface area is 183 Å². The molecule has 0 bridgehead atoms. The number of hydrogen-bond acceptors (Lipinski definition) is 6. The number of benzene rings is 1. The van der Waals surface area contributed by atoms with Crippen LogP contribution >= 0.6 is 22.9 Å². The lowest BCUT2D eigenvalue weighted by Gasteiger charge is -2.09. The molecule has 1 aromatic carbocycles. The van der Waals surface area contributed by atoms with Gasteiger partial charge < -0.3 is 4.74 Å². The monoisotopic (exact) mass is 472 g/mol. The quantitative estimate of drug-likeness (QED) is 0.564. The van der Waals surface area contributed by atoms with Gasteiger partial charge in [0.25, 0.3) is 11.5 Å². The van der Waals surface area contributed by atoms with Gasteiger partial charge in [0.15, 0.2) is 5.13 Å². The van der Waals surface area contributed by atoms with Crippen LogP contribution in [-0.2, 0) is 23.9 Å². The smallest absolute Gasteiger partial charge is 0.383 e. The summed E-state index contributed by atoms with van der Waals surface area (Å²) in [4.78, 5) is 28.9. The number of carbonyl (C=O) groups is 1. The normalized spacial score (nSPS) is 11.5. The molecule has 1 amide bonds. The van der Waals surface area contributed by atoms with E-state index in [1.165, 1.54) is 31.5 Å². The Morgan fingerprint density at radius 1 is 1.29 bits per heavy atom. The zero-order valence-corrected chi connectivity index (χ0v) is 17.6. The van der Waals surface area contributed by atoms with E-state index in [1.54, 1.807) is 0 Å². The predicted octanol–water partition coefficient (Wildman–Crippen LogP) is 3.86. The van der Waals surface area contributed by atoms with Crippen molar-refractivity contribution < 1.29 is 22.7 Å². The number of nitrogens with zero attached hydrogens (tertiary/aromatic N) is 3. The summed E-state index contributed by atoms with van der Waals surface area (Å²) in [5.41, 5.74) is -0.860. The average molecular weight is 473 g/mol. The van der Waals surface area contributed by atoms with Crippen LogP contribution in [0.25, 0.3) is 0 Å². The van der Waals surface area contributed by atoms with E-state index in [0.29, 0.717) is 10.4 Å². The highest BCUT2D eigenvalue weighted by Gasteiger charge is 2.31. The molecule has 1 N–H and O–H groups in total. The number of nitrogens with one attached hydrogen (secondary N) is 1. The van der Waals surface area contributed by atoms with Gasteiger partial charge in [0.05, 0.1) is 18.7 Å². The third kappa shape index (κ3) is 5.90. The van der Waals surface area contributed by atoms with E-state index in [-0.39, 0.29) is 41.0 Å². The molecule has 3 rings (SSSR count). The lowest BCUT2D eigenvalue weighted by Crippen LogP contribution is -2.27. The maximum atomic E-state index is 12.9. The lowest BCUT2D eigenvalue weighted by atomic mass is 10.1. The highest BCUT2D eigenvalue weighted by Crippen LogP contribution is 2.33. The molecule has 0 fully saturated rings. The van der Waals surface area contributed by atoms with Crippen LogP contribution in [0, 0.1) is 0 Å². The second kappa shape index (κ2) is 9.58. The van der Waals surface area contributed by atoms with Gasteiger partial charge in [0.1, 0.15) is 5.69 Å². The number of thiazole rings is 1. The van der Waals surface area contributed by atoms with Crippen molar-refractivity contribution in [3.05, 3.63) is 73.6 Å². The van der Waals surface area contributed by atoms with Gasteiger partial charge in [-0.15, -0.1) is 11.3 Å². The molecule has 0 spiro atoms. The standard InChI is InChI=1S/C19H16ClF3N4O3S/c1-30-7-6-27-16(28)5-4-15(26-27)17(29)25-18-24-10-13(31-18)9-11-8-12(19(21,22)23)2-3-14(11)20/h2-5,8,10H,6-7,9H2,1H3,(H,24,25,29). The summed E-state index contributed by atoms with van der Waals surface area (Å²) >= 11 is 7.13. The minimum Gasteiger partial charge on any atom is -0.383 e. The van der Waals surface area contributed by atoms with Gasteiger partial charge in [-0.1, -0.05) is 11.6 Å². The highest BCUT2D eigenvalue weighted by molar-refractivity contribution is 7.15. The Morgan fingerprint density at radius 3 is 2.77 bits per heavy atom. The molecule has 0 radical (unpaired) electrons. The van der Waals surface area contributed by atoms with Crippen molar-refractivity contribution >= 4 is 34.0 Å². The van der Waals surface area contributed by atoms with E-state index in [4.69, 9.17) is 16.3 Å². The van der Waals surface area contributed by atoms with Crippen molar-refractivity contribution in [3.63, 3.8) is 0 Å². The van der Waals surface area contributed by atoms with Crippen molar-refractivity contribution in [1.29, 1.82) is 0 Å². The molecule has 164 valence electrons. The zero-order chi connectivity index (χ0) is 22.6. The van der Waals surface area contributed by atoms with Crippen molar-refractivity contribution in [2.45, 2.75) is 19.1 Å². The van der Waals surface area contributed by atoms with Crippen LogP contribution in [-0.4, -0.2) is 34.4 Å². The lowest BCUT2D eigenvalue weighted by molar-refractivity contribution is -0.137. The molecule has 31 heavy (non-hydrogen) atoms. The van der Waals surface area contributed by atoms with E-state index < -0.39 is 17.6 Å². The van der Waals surface area contributed by atoms with Gasteiger partial charge in [-0.25, -0.2) is 9.67 Å². The topological polar surface area (TPSA) is 86.1 Å². The van der Waals surface area contributed by atoms with Crippen LogP contribution in [0.4, 0.5) is 18.3 Å². The second-order valence-electron chi connectivity index (χ2n) is 6.34. The first-order valence-corrected chi connectivity index (χ1v) is 10.1. The van der Waals surface area contributed by atoms with E-state index >= 15 is 0 Å². The Balaban J connectivity index is 1.72. The SMILES string of the molecule is COCCn1nc(C(=O)Nc2ncc(Cc3cc(C(F)(F)F)ccc3Cl)s2)ccc1=O. The van der Waals surface area contributed by atoms with Crippen molar-refractivity contribution in [3.8, 4) is 0 Å². The molecule has 12 heteroatoms. The fraction of sp³-hybridized carbons (Fsp3) is 0.263. The molecule has 0 saturated carbocycles. The van der Waals surface area contributed by atoms with E-state index in [2.05, 4.69) is 15.4 Å². The fourth-order valence-electron chi connectivity index (χ4n) is 2.59. The highest BCUT2D eigenvalue weighted by atomic mass is 35.5. The minimum atomic E-state index is -4.47. The van der Waals surface area contributed by atoms with Gasteiger partial charge in [-0.05, 0) is 29.8 Å². The van der Waals surface area contributed by atoms with Crippen LogP contribution < -0.4 is 10.9 Å². The molecule has 0 unspecified atom stereocenters. The average Bonchev–Trinajstić information content (AvgIpc) is 3.15. The van der Waals surface area contributed by atoms with Gasteiger partial charge >= 0.3 is 6.18 Å². The molecule has 7 nitrogen and oxygen atoms in total. The number of rotatable bonds is 7.